The molecule has 1 aliphatic heterocycles. The summed E-state index contributed by atoms with van der Waals surface area (Å²) in [6.07, 6.45) is 4.04. The standard InChI is InChI=1S/C25H24N10O/c1-14-23(19(9-26)33-32-14)25-15(6-7-36)2-5-22(31-25)35-13-28-18-8-17(3-4-21(18)35)30-20-12-29-34-24(20)16-10-27-11-16/h2-5,8,12-13,16,27,30,36H,6-7,10-11H2,1H3,(H,29,34)(H,32,33). The van der Waals surface area contributed by atoms with Crippen LogP contribution >= 0.6 is 0 Å². The lowest BCUT2D eigenvalue weighted by atomic mass is 9.98. The molecule has 11 heteroatoms. The van der Waals surface area contributed by atoms with Gasteiger partial charge in [-0.25, -0.2) is 9.97 Å². The summed E-state index contributed by atoms with van der Waals surface area (Å²) in [6.45, 7) is 3.70. The molecule has 6 rings (SSSR count). The third-order valence-corrected chi connectivity index (χ3v) is 6.55. The molecule has 4 aromatic heterocycles. The molecule has 0 atom stereocenters. The van der Waals surface area contributed by atoms with Gasteiger partial charge in [-0.2, -0.15) is 15.5 Å². The first-order valence-corrected chi connectivity index (χ1v) is 11.7. The van der Waals surface area contributed by atoms with Crippen molar-refractivity contribution >= 4 is 22.4 Å². The normalized spacial score (nSPS) is 13.6. The number of rotatable bonds is 7. The fourth-order valence-electron chi connectivity index (χ4n) is 4.57. The summed E-state index contributed by atoms with van der Waals surface area (Å²) in [5, 5.41) is 40.2. The number of H-pyrrole nitrogens is 2. The van der Waals surface area contributed by atoms with Gasteiger partial charge >= 0.3 is 0 Å². The van der Waals surface area contributed by atoms with Crippen LogP contribution in [0.2, 0.25) is 0 Å². The molecule has 0 unspecified atom stereocenters. The van der Waals surface area contributed by atoms with E-state index >= 15 is 0 Å². The maximum absolute atomic E-state index is 9.57. The first-order valence-electron chi connectivity index (χ1n) is 11.7. The van der Waals surface area contributed by atoms with Gasteiger partial charge in [0.1, 0.15) is 18.2 Å². The smallest absolute Gasteiger partial charge is 0.171 e. The van der Waals surface area contributed by atoms with Gasteiger partial charge in [0.2, 0.25) is 0 Å². The molecule has 5 aromatic rings. The fraction of sp³-hybridized carbons (Fsp3) is 0.240. The first kappa shape index (κ1) is 22.0. The Labute approximate surface area is 206 Å². The van der Waals surface area contributed by atoms with Crippen LogP contribution in [-0.2, 0) is 6.42 Å². The Balaban J connectivity index is 1.36. The van der Waals surface area contributed by atoms with Crippen molar-refractivity contribution in [3.8, 4) is 23.1 Å². The number of nitrogens with zero attached hydrogens (tertiary/aromatic N) is 6. The summed E-state index contributed by atoms with van der Waals surface area (Å²) in [4.78, 5) is 9.50. The van der Waals surface area contributed by atoms with Crippen LogP contribution in [0.4, 0.5) is 11.4 Å². The largest absolute Gasteiger partial charge is 0.396 e. The molecule has 36 heavy (non-hydrogen) atoms. The lowest BCUT2D eigenvalue weighted by molar-refractivity contribution is 0.299. The number of nitriles is 1. The molecule has 180 valence electrons. The van der Waals surface area contributed by atoms with Crippen molar-refractivity contribution in [1.29, 1.82) is 5.26 Å². The number of hydrogen-bond donors (Lipinski definition) is 5. The number of aromatic nitrogens is 7. The molecule has 0 bridgehead atoms. The summed E-state index contributed by atoms with van der Waals surface area (Å²) in [5.41, 5.74) is 7.78. The average Bonchev–Trinajstić information content (AvgIpc) is 3.57. The number of anilines is 2. The van der Waals surface area contributed by atoms with E-state index in [1.54, 1.807) is 6.33 Å². The monoisotopic (exact) mass is 480 g/mol. The Hall–Kier alpha value is -4.53. The minimum absolute atomic E-state index is 0.0216. The van der Waals surface area contributed by atoms with Crippen LogP contribution in [0.25, 0.3) is 28.1 Å². The van der Waals surface area contributed by atoms with E-state index in [-0.39, 0.29) is 12.3 Å². The Morgan fingerprint density at radius 1 is 1.22 bits per heavy atom. The van der Waals surface area contributed by atoms with Gasteiger partial charge in [-0.15, -0.1) is 0 Å². The molecule has 1 saturated heterocycles. The van der Waals surface area contributed by atoms with Gasteiger partial charge in [-0.05, 0) is 43.2 Å². The Kier molecular flexibility index (Phi) is 5.44. The van der Waals surface area contributed by atoms with Crippen molar-refractivity contribution in [3.05, 3.63) is 65.5 Å². The molecule has 5 heterocycles. The second-order valence-electron chi connectivity index (χ2n) is 8.82. The van der Waals surface area contributed by atoms with E-state index in [1.807, 2.05) is 48.0 Å². The third-order valence-electron chi connectivity index (χ3n) is 6.55. The van der Waals surface area contributed by atoms with Crippen molar-refractivity contribution in [2.24, 2.45) is 0 Å². The SMILES string of the molecule is Cc1[nH]nc(C#N)c1-c1nc(-n2cnc3cc(Nc4c[nH]nc4C4CNC4)ccc32)ccc1CCO. The summed E-state index contributed by atoms with van der Waals surface area (Å²) in [6, 6.07) is 12.0. The number of benzene rings is 1. The van der Waals surface area contributed by atoms with Crippen molar-refractivity contribution < 1.29 is 5.11 Å². The zero-order chi connectivity index (χ0) is 24.6. The number of aromatic amines is 2. The van der Waals surface area contributed by atoms with Crippen LogP contribution in [0.5, 0.6) is 0 Å². The van der Waals surface area contributed by atoms with E-state index in [0.717, 1.165) is 52.4 Å². The second-order valence-corrected chi connectivity index (χ2v) is 8.82. The number of aliphatic hydroxyl groups excluding tert-OH is 1. The van der Waals surface area contributed by atoms with E-state index in [0.29, 0.717) is 29.4 Å². The highest BCUT2D eigenvalue weighted by Crippen LogP contribution is 2.31. The van der Waals surface area contributed by atoms with E-state index in [4.69, 9.17) is 4.98 Å². The van der Waals surface area contributed by atoms with Crippen LogP contribution in [0.1, 0.15) is 28.6 Å². The number of aryl methyl sites for hydroxylation is 1. The van der Waals surface area contributed by atoms with Gasteiger partial charge in [0, 0.05) is 43.2 Å². The number of pyridine rings is 1. The second kappa shape index (κ2) is 8.92. The zero-order valence-corrected chi connectivity index (χ0v) is 19.6. The predicted octanol–water partition coefficient (Wildman–Crippen LogP) is 2.68. The summed E-state index contributed by atoms with van der Waals surface area (Å²) < 4.78 is 1.91. The van der Waals surface area contributed by atoms with Crippen molar-refractivity contribution in [1.82, 2.24) is 40.2 Å². The fourth-order valence-corrected chi connectivity index (χ4v) is 4.57. The van der Waals surface area contributed by atoms with Gasteiger partial charge in [-0.1, -0.05) is 6.07 Å². The lowest BCUT2D eigenvalue weighted by Crippen LogP contribution is -2.40. The van der Waals surface area contributed by atoms with E-state index in [9.17, 15) is 10.4 Å². The van der Waals surface area contributed by atoms with E-state index in [1.165, 1.54) is 0 Å². The molecule has 0 amide bonds. The van der Waals surface area contributed by atoms with Gasteiger partial charge in [0.25, 0.3) is 0 Å². The number of aliphatic hydroxyl groups is 1. The highest BCUT2D eigenvalue weighted by molar-refractivity contribution is 5.82. The molecule has 0 radical (unpaired) electrons. The molecule has 1 aliphatic rings. The third kappa shape index (κ3) is 3.69. The van der Waals surface area contributed by atoms with Crippen LogP contribution in [-0.4, -0.2) is 59.7 Å². The summed E-state index contributed by atoms with van der Waals surface area (Å²) in [7, 11) is 0. The Bertz CT molecular complexity index is 1600. The van der Waals surface area contributed by atoms with Crippen LogP contribution in [0.15, 0.2) is 42.9 Å². The number of hydrogen-bond acceptors (Lipinski definition) is 8. The molecular weight excluding hydrogens is 456 g/mol. The van der Waals surface area contributed by atoms with Crippen LogP contribution in [0.3, 0.4) is 0 Å². The quantitative estimate of drug-likeness (QED) is 0.238. The molecule has 1 fully saturated rings. The van der Waals surface area contributed by atoms with Crippen molar-refractivity contribution in [3.63, 3.8) is 0 Å². The molecule has 0 spiro atoms. The molecular formula is C25H24N10O. The van der Waals surface area contributed by atoms with Gasteiger partial charge in [0.05, 0.1) is 33.7 Å². The molecule has 0 aliphatic carbocycles. The summed E-state index contributed by atoms with van der Waals surface area (Å²) in [5.74, 6) is 1.07. The van der Waals surface area contributed by atoms with Crippen LogP contribution in [0, 0.1) is 18.3 Å². The predicted molar refractivity (Wildman–Crippen MR) is 134 cm³/mol. The van der Waals surface area contributed by atoms with Crippen molar-refractivity contribution in [2.75, 3.05) is 25.0 Å². The molecule has 5 N–H and O–H groups in total. The number of imidazole rings is 1. The minimum Gasteiger partial charge on any atom is -0.396 e. The number of fused-ring (bicyclic) bond motifs is 1. The molecule has 0 saturated carbocycles. The number of nitrogens with one attached hydrogen (secondary N) is 4. The van der Waals surface area contributed by atoms with E-state index < -0.39 is 0 Å². The van der Waals surface area contributed by atoms with Crippen molar-refractivity contribution in [2.45, 2.75) is 19.3 Å². The topological polar surface area (TPSA) is 156 Å². The lowest BCUT2D eigenvalue weighted by Gasteiger charge is -2.26. The Morgan fingerprint density at radius 2 is 2.11 bits per heavy atom. The van der Waals surface area contributed by atoms with Gasteiger partial charge < -0.3 is 15.7 Å². The molecule has 11 nitrogen and oxygen atoms in total. The molecule has 1 aromatic carbocycles. The van der Waals surface area contributed by atoms with Gasteiger partial charge in [-0.3, -0.25) is 14.8 Å². The average molecular weight is 481 g/mol. The van der Waals surface area contributed by atoms with E-state index in [2.05, 4.69) is 42.1 Å². The minimum atomic E-state index is -0.0216. The highest BCUT2D eigenvalue weighted by atomic mass is 16.3. The zero-order valence-electron chi connectivity index (χ0n) is 19.6. The van der Waals surface area contributed by atoms with Crippen LogP contribution < -0.4 is 10.6 Å². The maximum Gasteiger partial charge on any atom is 0.171 e. The summed E-state index contributed by atoms with van der Waals surface area (Å²) >= 11 is 0. The Morgan fingerprint density at radius 3 is 2.89 bits per heavy atom. The first-order chi connectivity index (χ1) is 17.7. The maximum atomic E-state index is 9.57. The van der Waals surface area contributed by atoms with Gasteiger partial charge in [0.15, 0.2) is 5.69 Å². The highest BCUT2D eigenvalue weighted by Gasteiger charge is 2.24.